The first-order chi connectivity index (χ1) is 15.1. The van der Waals surface area contributed by atoms with Gasteiger partial charge in [0.15, 0.2) is 0 Å². The molecule has 31 heavy (non-hydrogen) atoms. The summed E-state index contributed by atoms with van der Waals surface area (Å²) in [5.74, 6) is 1.25. The maximum Gasteiger partial charge on any atom is 0.251 e. The summed E-state index contributed by atoms with van der Waals surface area (Å²) in [5.41, 5.74) is 7.79. The van der Waals surface area contributed by atoms with Crippen LogP contribution in [0.2, 0.25) is 0 Å². The Bertz CT molecular complexity index is 709. The summed E-state index contributed by atoms with van der Waals surface area (Å²) in [5, 5.41) is 13.7. The van der Waals surface area contributed by atoms with E-state index in [1.165, 1.54) is 32.1 Å². The predicted octanol–water partition coefficient (Wildman–Crippen LogP) is 4.44. The van der Waals surface area contributed by atoms with Gasteiger partial charge in [0.2, 0.25) is 0 Å². The van der Waals surface area contributed by atoms with E-state index in [9.17, 15) is 9.90 Å². The van der Waals surface area contributed by atoms with Crippen molar-refractivity contribution < 1.29 is 19.4 Å². The van der Waals surface area contributed by atoms with Crippen LogP contribution in [0.4, 0.5) is 5.69 Å². The summed E-state index contributed by atoms with van der Waals surface area (Å²) in [6.07, 6.45) is 10.9. The third kappa shape index (κ3) is 7.11. The second kappa shape index (κ2) is 12.3. The molecule has 1 aromatic rings. The van der Waals surface area contributed by atoms with Crippen molar-refractivity contribution in [2.45, 2.75) is 83.8 Å². The summed E-state index contributed by atoms with van der Waals surface area (Å²) in [7, 11) is 0. The molecule has 1 heterocycles. The van der Waals surface area contributed by atoms with Crippen molar-refractivity contribution in [2.24, 2.45) is 11.8 Å². The molecule has 1 amide bonds. The second-order valence-corrected chi connectivity index (χ2v) is 9.21. The Kier molecular flexibility index (Phi) is 9.47. The van der Waals surface area contributed by atoms with Crippen molar-refractivity contribution in [2.75, 3.05) is 25.5 Å². The standard InChI is InChI=1S/C25H40N2O4/c1-2-3-4-5-7-18-8-10-19(23(28)11-9-18)16-27-25(29)21-14-20(26)15-24-22(21)17-30-12-6-13-31-24/h14-15,18-19,23,28H,2-13,16-17,26H2,1H3,(H,27,29). The van der Waals surface area contributed by atoms with Gasteiger partial charge in [-0.25, -0.2) is 0 Å². The molecule has 3 unspecified atom stereocenters. The van der Waals surface area contributed by atoms with Crippen molar-refractivity contribution in [3.05, 3.63) is 23.3 Å². The lowest BCUT2D eigenvalue weighted by Crippen LogP contribution is -2.35. The first-order valence-electron chi connectivity index (χ1n) is 12.2. The number of fused-ring (bicyclic) bond motifs is 1. The quantitative estimate of drug-likeness (QED) is 0.321. The van der Waals surface area contributed by atoms with E-state index in [0.29, 0.717) is 49.3 Å². The number of hydrogen-bond acceptors (Lipinski definition) is 5. The van der Waals surface area contributed by atoms with Crippen molar-refractivity contribution in [3.8, 4) is 5.75 Å². The van der Waals surface area contributed by atoms with Crippen molar-refractivity contribution in [3.63, 3.8) is 0 Å². The molecule has 3 atom stereocenters. The lowest BCUT2D eigenvalue weighted by atomic mass is 9.93. The Labute approximate surface area is 186 Å². The van der Waals surface area contributed by atoms with E-state index >= 15 is 0 Å². The normalized spacial score (nSPS) is 24.3. The molecule has 0 spiro atoms. The molecule has 1 aromatic carbocycles. The molecular formula is C25H40N2O4. The summed E-state index contributed by atoms with van der Waals surface area (Å²) in [4.78, 5) is 13.0. The molecule has 1 aliphatic heterocycles. The number of anilines is 1. The van der Waals surface area contributed by atoms with Gasteiger partial charge >= 0.3 is 0 Å². The van der Waals surface area contributed by atoms with Gasteiger partial charge in [-0.05, 0) is 31.2 Å². The number of carbonyl (C=O) groups is 1. The molecule has 0 saturated heterocycles. The van der Waals surface area contributed by atoms with Gasteiger partial charge in [0.05, 0.1) is 31.5 Å². The van der Waals surface area contributed by atoms with Crippen LogP contribution in [0.15, 0.2) is 12.1 Å². The third-order valence-corrected chi connectivity index (χ3v) is 6.76. The van der Waals surface area contributed by atoms with Crippen LogP contribution in [-0.4, -0.2) is 36.9 Å². The number of amides is 1. The number of rotatable bonds is 8. The number of carbonyl (C=O) groups excluding carboxylic acids is 1. The SMILES string of the molecule is CCCCCCC1CCC(O)C(CNC(=O)c2cc(N)cc3c2COCCCO3)CC1. The van der Waals surface area contributed by atoms with Gasteiger partial charge in [0.25, 0.3) is 5.91 Å². The van der Waals surface area contributed by atoms with Crippen molar-refractivity contribution >= 4 is 11.6 Å². The minimum Gasteiger partial charge on any atom is -0.493 e. The highest BCUT2D eigenvalue weighted by molar-refractivity contribution is 5.97. The molecule has 1 fully saturated rings. The zero-order valence-corrected chi connectivity index (χ0v) is 19.0. The molecule has 1 aliphatic carbocycles. The summed E-state index contributed by atoms with van der Waals surface area (Å²) < 4.78 is 11.5. The number of ether oxygens (including phenoxy) is 2. The van der Waals surface area contributed by atoms with Crippen LogP contribution in [0.25, 0.3) is 0 Å². The average Bonchev–Trinajstić information content (AvgIpc) is 2.91. The number of nitrogen functional groups attached to an aromatic ring is 1. The predicted molar refractivity (Wildman–Crippen MR) is 123 cm³/mol. The fraction of sp³-hybridized carbons (Fsp3) is 0.720. The smallest absolute Gasteiger partial charge is 0.251 e. The van der Waals surface area contributed by atoms with E-state index in [1.807, 2.05) is 0 Å². The Balaban J connectivity index is 1.56. The third-order valence-electron chi connectivity index (χ3n) is 6.76. The Morgan fingerprint density at radius 3 is 2.84 bits per heavy atom. The average molecular weight is 433 g/mol. The van der Waals surface area contributed by atoms with E-state index in [2.05, 4.69) is 12.2 Å². The monoisotopic (exact) mass is 432 g/mol. The molecule has 2 aliphatic rings. The first kappa shape index (κ1) is 23.9. The van der Waals surface area contributed by atoms with Crippen LogP contribution in [0, 0.1) is 11.8 Å². The molecule has 0 aromatic heterocycles. The topological polar surface area (TPSA) is 93.8 Å². The van der Waals surface area contributed by atoms with Crippen molar-refractivity contribution in [1.29, 1.82) is 0 Å². The van der Waals surface area contributed by atoms with Crippen molar-refractivity contribution in [1.82, 2.24) is 5.32 Å². The number of nitrogens with one attached hydrogen (secondary N) is 1. The number of aliphatic hydroxyl groups excluding tert-OH is 1. The molecule has 3 rings (SSSR count). The zero-order valence-electron chi connectivity index (χ0n) is 19.0. The summed E-state index contributed by atoms with van der Waals surface area (Å²) >= 11 is 0. The van der Waals surface area contributed by atoms with E-state index < -0.39 is 0 Å². The fourth-order valence-electron chi connectivity index (χ4n) is 4.80. The van der Waals surface area contributed by atoms with Crippen LogP contribution in [0.1, 0.15) is 87.1 Å². The number of benzene rings is 1. The van der Waals surface area contributed by atoms with E-state index in [4.69, 9.17) is 15.2 Å². The zero-order chi connectivity index (χ0) is 22.1. The summed E-state index contributed by atoms with van der Waals surface area (Å²) in [6, 6.07) is 3.45. The molecule has 1 saturated carbocycles. The van der Waals surface area contributed by atoms with Crippen LogP contribution < -0.4 is 15.8 Å². The lowest BCUT2D eigenvalue weighted by Gasteiger charge is -2.22. The molecule has 174 valence electrons. The van der Waals surface area contributed by atoms with E-state index in [1.54, 1.807) is 12.1 Å². The number of hydrogen-bond donors (Lipinski definition) is 3. The number of aliphatic hydroxyl groups is 1. The maximum atomic E-state index is 13.0. The van der Waals surface area contributed by atoms with Gasteiger partial charge in [0.1, 0.15) is 5.75 Å². The molecular weight excluding hydrogens is 392 g/mol. The highest BCUT2D eigenvalue weighted by atomic mass is 16.5. The Morgan fingerprint density at radius 2 is 2.00 bits per heavy atom. The van der Waals surface area contributed by atoms with Gasteiger partial charge in [-0.3, -0.25) is 4.79 Å². The molecule has 0 bridgehead atoms. The Hall–Kier alpha value is -1.79. The fourth-order valence-corrected chi connectivity index (χ4v) is 4.80. The van der Waals surface area contributed by atoms with Gasteiger partial charge in [-0.15, -0.1) is 0 Å². The highest BCUT2D eigenvalue weighted by Gasteiger charge is 2.27. The first-order valence-corrected chi connectivity index (χ1v) is 12.2. The number of nitrogens with two attached hydrogens (primary N) is 1. The molecule has 4 N–H and O–H groups in total. The van der Waals surface area contributed by atoms with Crippen LogP contribution >= 0.6 is 0 Å². The van der Waals surface area contributed by atoms with Crippen LogP contribution in [-0.2, 0) is 11.3 Å². The van der Waals surface area contributed by atoms with E-state index in [-0.39, 0.29) is 17.9 Å². The van der Waals surface area contributed by atoms with Gasteiger partial charge in [-0.1, -0.05) is 45.4 Å². The minimum absolute atomic E-state index is 0.0972. The van der Waals surface area contributed by atoms with Gasteiger partial charge < -0.3 is 25.6 Å². The molecule has 6 heteroatoms. The van der Waals surface area contributed by atoms with Gasteiger partial charge in [-0.2, -0.15) is 0 Å². The largest absolute Gasteiger partial charge is 0.493 e. The van der Waals surface area contributed by atoms with Gasteiger partial charge in [0, 0.05) is 36.2 Å². The molecule has 6 nitrogen and oxygen atoms in total. The second-order valence-electron chi connectivity index (χ2n) is 9.21. The number of unbranched alkanes of at least 4 members (excludes halogenated alkanes) is 3. The van der Waals surface area contributed by atoms with Crippen LogP contribution in [0.3, 0.4) is 0 Å². The van der Waals surface area contributed by atoms with E-state index in [0.717, 1.165) is 37.7 Å². The lowest BCUT2D eigenvalue weighted by molar-refractivity contribution is 0.0823. The maximum absolute atomic E-state index is 13.0. The summed E-state index contributed by atoms with van der Waals surface area (Å²) in [6.45, 7) is 4.21. The molecule has 0 radical (unpaired) electrons. The Morgan fingerprint density at radius 1 is 1.16 bits per heavy atom. The minimum atomic E-state index is -0.353. The highest BCUT2D eigenvalue weighted by Crippen LogP contribution is 2.32. The van der Waals surface area contributed by atoms with Crippen LogP contribution in [0.5, 0.6) is 5.75 Å².